The molecule has 9 heteroatoms. The minimum Gasteiger partial charge on any atom is -0.324 e. The number of rotatable bonds is 4. The van der Waals surface area contributed by atoms with Crippen molar-refractivity contribution in [3.05, 3.63) is 77.6 Å². The Hall–Kier alpha value is -3.49. The number of aromatic nitrogens is 2. The lowest BCUT2D eigenvalue weighted by atomic mass is 10.2. The van der Waals surface area contributed by atoms with Crippen LogP contribution in [0.4, 0.5) is 34.9 Å². The maximum atomic E-state index is 13.5. The molecule has 3 aromatic rings. The van der Waals surface area contributed by atoms with E-state index in [0.717, 1.165) is 36.7 Å². The van der Waals surface area contributed by atoms with Crippen LogP contribution >= 0.6 is 0 Å². The molecule has 0 saturated heterocycles. The third kappa shape index (κ3) is 3.94. The van der Waals surface area contributed by atoms with Crippen molar-refractivity contribution in [1.82, 2.24) is 9.97 Å². The summed E-state index contributed by atoms with van der Waals surface area (Å²) in [4.78, 5) is 19.8. The van der Waals surface area contributed by atoms with Gasteiger partial charge in [-0.15, -0.1) is 0 Å². The smallest absolute Gasteiger partial charge is 0.258 e. The van der Waals surface area contributed by atoms with Gasteiger partial charge in [-0.3, -0.25) is 4.79 Å². The zero-order valence-corrected chi connectivity index (χ0v) is 12.9. The fourth-order valence-electron chi connectivity index (χ4n) is 2.00. The number of carbonyl (C=O) groups is 1. The van der Waals surface area contributed by atoms with Gasteiger partial charge in [0, 0.05) is 30.2 Å². The lowest BCUT2D eigenvalue weighted by Gasteiger charge is -2.08. The van der Waals surface area contributed by atoms with Crippen LogP contribution in [0.3, 0.4) is 0 Å². The van der Waals surface area contributed by atoms with Crippen molar-refractivity contribution in [2.75, 3.05) is 10.6 Å². The standard InChI is InChI=1S/C17H10F4N4O/c18-10-1-4-15(14(21)5-10)25-16(26)9-7-22-17(23-8-9)24-11-2-3-12(19)13(20)6-11/h1-8H,(H,25,26)(H,22,23,24). The van der Waals surface area contributed by atoms with Gasteiger partial charge >= 0.3 is 0 Å². The van der Waals surface area contributed by atoms with E-state index in [1.807, 2.05) is 0 Å². The Morgan fingerprint density at radius 3 is 2.23 bits per heavy atom. The molecule has 0 atom stereocenters. The van der Waals surface area contributed by atoms with Crippen molar-refractivity contribution in [3.63, 3.8) is 0 Å². The van der Waals surface area contributed by atoms with Crippen molar-refractivity contribution in [3.8, 4) is 0 Å². The molecular formula is C17H10F4N4O. The number of carbonyl (C=O) groups excluding carboxylic acids is 1. The molecule has 26 heavy (non-hydrogen) atoms. The molecule has 0 saturated carbocycles. The Morgan fingerprint density at radius 1 is 0.846 bits per heavy atom. The first-order valence-electron chi connectivity index (χ1n) is 7.23. The van der Waals surface area contributed by atoms with E-state index in [1.54, 1.807) is 0 Å². The van der Waals surface area contributed by atoms with E-state index in [1.165, 1.54) is 6.07 Å². The summed E-state index contributed by atoms with van der Waals surface area (Å²) >= 11 is 0. The van der Waals surface area contributed by atoms with Gasteiger partial charge in [0.2, 0.25) is 5.95 Å². The summed E-state index contributed by atoms with van der Waals surface area (Å²) in [6, 6.07) is 5.89. The predicted octanol–water partition coefficient (Wildman–Crippen LogP) is 4.03. The molecule has 1 heterocycles. The van der Waals surface area contributed by atoms with E-state index in [0.29, 0.717) is 6.07 Å². The number of halogens is 4. The first-order valence-corrected chi connectivity index (χ1v) is 7.23. The fraction of sp³-hybridized carbons (Fsp3) is 0. The molecular weight excluding hydrogens is 352 g/mol. The van der Waals surface area contributed by atoms with Gasteiger partial charge in [-0.1, -0.05) is 0 Å². The molecule has 2 aromatic carbocycles. The van der Waals surface area contributed by atoms with Crippen LogP contribution in [0.1, 0.15) is 10.4 Å². The molecule has 0 fully saturated rings. The Labute approximate surface area is 144 Å². The fourth-order valence-corrected chi connectivity index (χ4v) is 2.00. The van der Waals surface area contributed by atoms with Crippen molar-refractivity contribution in [2.45, 2.75) is 0 Å². The molecule has 0 radical (unpaired) electrons. The number of nitrogens with one attached hydrogen (secondary N) is 2. The number of hydrogen-bond donors (Lipinski definition) is 2. The number of benzene rings is 2. The molecule has 0 unspecified atom stereocenters. The molecule has 3 rings (SSSR count). The zero-order chi connectivity index (χ0) is 18.7. The van der Waals surface area contributed by atoms with Crippen LogP contribution in [0.5, 0.6) is 0 Å². The van der Waals surface area contributed by atoms with Gasteiger partial charge in [-0.2, -0.15) is 0 Å². The Morgan fingerprint density at radius 2 is 1.58 bits per heavy atom. The van der Waals surface area contributed by atoms with Crippen molar-refractivity contribution in [2.24, 2.45) is 0 Å². The third-order valence-electron chi connectivity index (χ3n) is 3.27. The van der Waals surface area contributed by atoms with Gasteiger partial charge in [-0.05, 0) is 24.3 Å². The van der Waals surface area contributed by atoms with Gasteiger partial charge in [0.25, 0.3) is 5.91 Å². The largest absolute Gasteiger partial charge is 0.324 e. The van der Waals surface area contributed by atoms with Gasteiger partial charge in [0.15, 0.2) is 11.6 Å². The van der Waals surface area contributed by atoms with Gasteiger partial charge in [0.05, 0.1) is 11.3 Å². The maximum absolute atomic E-state index is 13.5. The lowest BCUT2D eigenvalue weighted by Crippen LogP contribution is -2.14. The quantitative estimate of drug-likeness (QED) is 0.688. The van der Waals surface area contributed by atoms with Crippen LogP contribution in [0.25, 0.3) is 0 Å². The highest BCUT2D eigenvalue weighted by Crippen LogP contribution is 2.18. The van der Waals surface area contributed by atoms with E-state index in [-0.39, 0.29) is 22.9 Å². The van der Waals surface area contributed by atoms with Crippen LogP contribution in [0.15, 0.2) is 48.8 Å². The maximum Gasteiger partial charge on any atom is 0.258 e. The van der Waals surface area contributed by atoms with Crippen LogP contribution in [0, 0.1) is 23.3 Å². The molecule has 1 amide bonds. The number of amides is 1. The number of nitrogens with zero attached hydrogens (tertiary/aromatic N) is 2. The highest BCUT2D eigenvalue weighted by Gasteiger charge is 2.11. The topological polar surface area (TPSA) is 66.9 Å². The average Bonchev–Trinajstić information content (AvgIpc) is 2.61. The predicted molar refractivity (Wildman–Crippen MR) is 86.0 cm³/mol. The zero-order valence-electron chi connectivity index (χ0n) is 12.9. The number of hydrogen-bond acceptors (Lipinski definition) is 4. The molecule has 0 spiro atoms. The molecule has 132 valence electrons. The second kappa shape index (κ2) is 7.18. The second-order valence-electron chi connectivity index (χ2n) is 5.13. The van der Waals surface area contributed by atoms with Crippen LogP contribution in [-0.4, -0.2) is 15.9 Å². The molecule has 1 aromatic heterocycles. The summed E-state index contributed by atoms with van der Waals surface area (Å²) < 4.78 is 52.4. The Kier molecular flexibility index (Phi) is 4.78. The van der Waals surface area contributed by atoms with Crippen molar-refractivity contribution >= 4 is 23.2 Å². The van der Waals surface area contributed by atoms with E-state index in [2.05, 4.69) is 20.6 Å². The molecule has 0 aliphatic heterocycles. The first kappa shape index (κ1) is 17.3. The number of anilines is 3. The molecule has 0 aliphatic rings. The third-order valence-corrected chi connectivity index (χ3v) is 3.27. The highest BCUT2D eigenvalue weighted by molar-refractivity contribution is 6.03. The highest BCUT2D eigenvalue weighted by atomic mass is 19.2. The summed E-state index contributed by atoms with van der Waals surface area (Å²) in [6.07, 6.45) is 2.32. The van der Waals surface area contributed by atoms with E-state index in [9.17, 15) is 22.4 Å². The van der Waals surface area contributed by atoms with Crippen LogP contribution in [0.2, 0.25) is 0 Å². The Balaban J connectivity index is 1.70. The molecule has 0 aliphatic carbocycles. The lowest BCUT2D eigenvalue weighted by molar-refractivity contribution is 0.102. The van der Waals surface area contributed by atoms with E-state index in [4.69, 9.17) is 0 Å². The summed E-state index contributed by atoms with van der Waals surface area (Å²) in [6.45, 7) is 0. The monoisotopic (exact) mass is 362 g/mol. The summed E-state index contributed by atoms with van der Waals surface area (Å²) in [7, 11) is 0. The summed E-state index contributed by atoms with van der Waals surface area (Å²) in [5, 5.41) is 4.91. The molecule has 0 bridgehead atoms. The van der Waals surface area contributed by atoms with Crippen molar-refractivity contribution in [1.29, 1.82) is 0 Å². The molecule has 5 nitrogen and oxygen atoms in total. The minimum absolute atomic E-state index is 0.0181. The SMILES string of the molecule is O=C(Nc1ccc(F)cc1F)c1cnc(Nc2ccc(F)c(F)c2)nc1. The average molecular weight is 362 g/mol. The minimum atomic E-state index is -1.03. The van der Waals surface area contributed by atoms with E-state index >= 15 is 0 Å². The second-order valence-corrected chi connectivity index (χ2v) is 5.13. The van der Waals surface area contributed by atoms with Crippen LogP contribution in [-0.2, 0) is 0 Å². The first-order chi connectivity index (χ1) is 12.4. The summed E-state index contributed by atoms with van der Waals surface area (Å²) in [5.74, 6) is -4.37. The van der Waals surface area contributed by atoms with Gasteiger partial charge < -0.3 is 10.6 Å². The van der Waals surface area contributed by atoms with Crippen molar-refractivity contribution < 1.29 is 22.4 Å². The normalized spacial score (nSPS) is 10.5. The summed E-state index contributed by atoms with van der Waals surface area (Å²) in [5.41, 5.74) is 0.0411. The van der Waals surface area contributed by atoms with Crippen LogP contribution < -0.4 is 10.6 Å². The van der Waals surface area contributed by atoms with Gasteiger partial charge in [-0.25, -0.2) is 27.5 Å². The van der Waals surface area contributed by atoms with E-state index < -0.39 is 29.2 Å². The molecule has 2 N–H and O–H groups in total. The Bertz CT molecular complexity index is 963. The van der Waals surface area contributed by atoms with Gasteiger partial charge in [0.1, 0.15) is 11.6 Å².